The summed E-state index contributed by atoms with van der Waals surface area (Å²) in [6.07, 6.45) is 0. The first-order valence-corrected chi connectivity index (χ1v) is 6.27. The van der Waals surface area contributed by atoms with Crippen LogP contribution in [0, 0.1) is 0 Å². The van der Waals surface area contributed by atoms with Gasteiger partial charge in [-0.3, -0.25) is 0 Å². The summed E-state index contributed by atoms with van der Waals surface area (Å²) in [5.41, 5.74) is 1.19. The van der Waals surface area contributed by atoms with Gasteiger partial charge in [0.2, 0.25) is 0 Å². The molecule has 0 atom stereocenters. The topological polar surface area (TPSA) is 0 Å². The van der Waals surface area contributed by atoms with Crippen molar-refractivity contribution in [2.24, 2.45) is 0 Å². The van der Waals surface area contributed by atoms with E-state index in [0.29, 0.717) is 0 Å². The maximum atomic E-state index is 6.00. The molecule has 0 spiro atoms. The zero-order valence-corrected chi connectivity index (χ0v) is 10.1. The van der Waals surface area contributed by atoms with E-state index in [0.717, 1.165) is 5.02 Å². The zero-order chi connectivity index (χ0) is 11.0. The van der Waals surface area contributed by atoms with Crippen molar-refractivity contribution < 1.29 is 0 Å². The molecule has 0 radical (unpaired) electrons. The fourth-order valence-electron chi connectivity index (χ4n) is 1.77. The third-order valence-corrected chi connectivity index (χ3v) is 3.93. The fourth-order valence-corrected chi connectivity index (χ4v) is 3.02. The average Bonchev–Trinajstić information content (AvgIpc) is 2.72. The Balaban J connectivity index is 2.19. The van der Waals surface area contributed by atoms with E-state index in [-0.39, 0.29) is 0 Å². The highest BCUT2D eigenvalue weighted by atomic mass is 35.5. The maximum Gasteiger partial charge on any atom is 0.0412 e. The van der Waals surface area contributed by atoms with E-state index in [1.165, 1.54) is 20.5 Å². The number of rotatable bonds is 1. The van der Waals surface area contributed by atoms with Crippen molar-refractivity contribution in [1.82, 2.24) is 0 Å². The van der Waals surface area contributed by atoms with Crippen molar-refractivity contribution in [3.8, 4) is 10.4 Å². The van der Waals surface area contributed by atoms with Crippen LogP contribution in [0.3, 0.4) is 0 Å². The minimum absolute atomic E-state index is 0.787. The first-order chi connectivity index (χ1) is 7.83. The molecule has 0 unspecified atom stereocenters. The predicted octanol–water partition coefficient (Wildman–Crippen LogP) is 5.22. The molecule has 3 aromatic rings. The maximum absolute atomic E-state index is 6.00. The van der Waals surface area contributed by atoms with Gasteiger partial charge in [-0.1, -0.05) is 41.9 Å². The summed E-state index contributed by atoms with van der Waals surface area (Å²) in [5.74, 6) is 0. The van der Waals surface area contributed by atoms with E-state index in [1.807, 2.05) is 18.2 Å². The second kappa shape index (κ2) is 3.93. The van der Waals surface area contributed by atoms with E-state index in [4.69, 9.17) is 11.6 Å². The molecule has 1 aromatic heterocycles. The minimum atomic E-state index is 0.787. The Bertz CT molecular complexity index is 607. The Morgan fingerprint density at radius 3 is 2.56 bits per heavy atom. The van der Waals surface area contributed by atoms with Crippen LogP contribution < -0.4 is 0 Å². The average molecular weight is 245 g/mol. The molecule has 0 aliphatic carbocycles. The lowest BCUT2D eigenvalue weighted by Gasteiger charge is -1.96. The van der Waals surface area contributed by atoms with Gasteiger partial charge >= 0.3 is 0 Å². The molecule has 0 bridgehead atoms. The molecule has 0 nitrogen and oxygen atoms in total. The van der Waals surface area contributed by atoms with Crippen LogP contribution >= 0.6 is 22.9 Å². The minimum Gasteiger partial charge on any atom is -0.135 e. The largest absolute Gasteiger partial charge is 0.135 e. The second-order valence-corrected chi connectivity index (χ2v) is 5.18. The lowest BCUT2D eigenvalue weighted by Crippen LogP contribution is -1.70. The number of hydrogen-bond donors (Lipinski definition) is 0. The third kappa shape index (κ3) is 1.73. The first kappa shape index (κ1) is 9.88. The fraction of sp³-hybridized carbons (Fsp3) is 0. The second-order valence-electron chi connectivity index (χ2n) is 3.66. The Morgan fingerprint density at radius 1 is 0.875 bits per heavy atom. The third-order valence-electron chi connectivity index (χ3n) is 2.53. The summed E-state index contributed by atoms with van der Waals surface area (Å²) >= 11 is 7.80. The summed E-state index contributed by atoms with van der Waals surface area (Å²) in [5, 5.41) is 2.08. The quantitative estimate of drug-likeness (QED) is 0.550. The van der Waals surface area contributed by atoms with Gasteiger partial charge in [-0.05, 0) is 35.2 Å². The number of fused-ring (bicyclic) bond motifs is 1. The van der Waals surface area contributed by atoms with E-state index in [9.17, 15) is 0 Å². The van der Waals surface area contributed by atoms with Gasteiger partial charge in [-0.25, -0.2) is 0 Å². The Morgan fingerprint density at radius 2 is 1.75 bits per heavy atom. The number of halogens is 1. The molecule has 0 aliphatic heterocycles. The highest BCUT2D eigenvalue weighted by Gasteiger charge is 2.03. The molecule has 1 heterocycles. The molecule has 3 rings (SSSR count). The standard InChI is InChI=1S/C14H9ClS/c15-12-6-3-5-10(8-12)14-9-11-4-1-2-7-13(11)16-14/h1-9H. The van der Waals surface area contributed by atoms with Crippen LogP contribution in [0.1, 0.15) is 0 Å². The van der Waals surface area contributed by atoms with Crippen molar-refractivity contribution in [2.45, 2.75) is 0 Å². The van der Waals surface area contributed by atoms with Gasteiger partial charge in [0.1, 0.15) is 0 Å². The number of hydrogen-bond acceptors (Lipinski definition) is 1. The van der Waals surface area contributed by atoms with Crippen LogP contribution in [0.15, 0.2) is 54.6 Å². The summed E-state index contributed by atoms with van der Waals surface area (Å²) < 4.78 is 1.32. The summed E-state index contributed by atoms with van der Waals surface area (Å²) in [4.78, 5) is 1.27. The molecule has 0 saturated heterocycles. The Hall–Kier alpha value is -1.31. The molecular weight excluding hydrogens is 236 g/mol. The van der Waals surface area contributed by atoms with Gasteiger partial charge in [0.25, 0.3) is 0 Å². The van der Waals surface area contributed by atoms with Crippen LogP contribution in [0.4, 0.5) is 0 Å². The molecule has 0 saturated carbocycles. The van der Waals surface area contributed by atoms with Gasteiger partial charge in [-0.2, -0.15) is 0 Å². The van der Waals surface area contributed by atoms with Crippen molar-refractivity contribution in [3.05, 3.63) is 59.6 Å². The molecule has 0 N–H and O–H groups in total. The summed E-state index contributed by atoms with van der Waals surface area (Å²) in [6, 6.07) is 18.6. The van der Waals surface area contributed by atoms with Gasteiger partial charge < -0.3 is 0 Å². The molecule has 16 heavy (non-hydrogen) atoms. The Kier molecular flexibility index (Phi) is 2.43. The van der Waals surface area contributed by atoms with Crippen LogP contribution in [-0.2, 0) is 0 Å². The van der Waals surface area contributed by atoms with Crippen molar-refractivity contribution in [1.29, 1.82) is 0 Å². The van der Waals surface area contributed by atoms with E-state index >= 15 is 0 Å². The molecule has 2 heteroatoms. The van der Waals surface area contributed by atoms with Crippen molar-refractivity contribution in [2.75, 3.05) is 0 Å². The van der Waals surface area contributed by atoms with E-state index < -0.39 is 0 Å². The highest BCUT2D eigenvalue weighted by Crippen LogP contribution is 2.34. The molecule has 0 fully saturated rings. The van der Waals surface area contributed by atoms with Crippen LogP contribution in [0.25, 0.3) is 20.5 Å². The van der Waals surface area contributed by atoms with Crippen LogP contribution in [0.2, 0.25) is 5.02 Å². The first-order valence-electron chi connectivity index (χ1n) is 5.07. The van der Waals surface area contributed by atoms with Gasteiger partial charge in [0, 0.05) is 14.6 Å². The van der Waals surface area contributed by atoms with Crippen LogP contribution in [0.5, 0.6) is 0 Å². The predicted molar refractivity (Wildman–Crippen MR) is 72.3 cm³/mol. The molecule has 2 aromatic carbocycles. The lowest BCUT2D eigenvalue weighted by molar-refractivity contribution is 1.70. The molecule has 78 valence electrons. The van der Waals surface area contributed by atoms with Gasteiger partial charge in [-0.15, -0.1) is 11.3 Å². The van der Waals surface area contributed by atoms with Gasteiger partial charge in [0.15, 0.2) is 0 Å². The molecule has 0 aliphatic rings. The van der Waals surface area contributed by atoms with Crippen molar-refractivity contribution >= 4 is 33.0 Å². The molecular formula is C14H9ClS. The summed E-state index contributed by atoms with van der Waals surface area (Å²) in [6.45, 7) is 0. The van der Waals surface area contributed by atoms with E-state index in [1.54, 1.807) is 11.3 Å². The van der Waals surface area contributed by atoms with E-state index in [2.05, 4.69) is 36.4 Å². The number of benzene rings is 2. The van der Waals surface area contributed by atoms with Crippen molar-refractivity contribution in [3.63, 3.8) is 0 Å². The smallest absolute Gasteiger partial charge is 0.0412 e. The lowest BCUT2D eigenvalue weighted by atomic mass is 10.1. The Labute approximate surface area is 103 Å². The molecule has 0 amide bonds. The highest BCUT2D eigenvalue weighted by molar-refractivity contribution is 7.22. The SMILES string of the molecule is Clc1cccc(-c2cc3ccccc3s2)c1. The van der Waals surface area contributed by atoms with Crippen LogP contribution in [-0.4, -0.2) is 0 Å². The normalized spacial score (nSPS) is 10.8. The summed E-state index contributed by atoms with van der Waals surface area (Å²) in [7, 11) is 0. The zero-order valence-electron chi connectivity index (χ0n) is 8.48. The monoisotopic (exact) mass is 244 g/mol. The van der Waals surface area contributed by atoms with Gasteiger partial charge in [0.05, 0.1) is 0 Å². The number of thiophene rings is 1.